The van der Waals surface area contributed by atoms with Crippen molar-refractivity contribution in [3.8, 4) is 0 Å². The van der Waals surface area contributed by atoms with Crippen molar-refractivity contribution in [2.45, 2.75) is 31.0 Å². The summed E-state index contributed by atoms with van der Waals surface area (Å²) in [5.41, 5.74) is 8.26. The predicted octanol–water partition coefficient (Wildman–Crippen LogP) is -0.220. The summed E-state index contributed by atoms with van der Waals surface area (Å²) < 4.78 is 10.1. The molecule has 4 atom stereocenters. The molecule has 0 aromatic heterocycles. The van der Waals surface area contributed by atoms with Crippen LogP contribution in [0.2, 0.25) is 0 Å². The zero-order valence-electron chi connectivity index (χ0n) is 7.78. The Morgan fingerprint density at radius 1 is 1.71 bits per heavy atom. The molecule has 1 aliphatic heterocycles. The molecule has 1 aliphatic rings. The molecule has 1 fully saturated rings. The minimum Gasteiger partial charge on any atom is -0.394 e. The predicted molar refractivity (Wildman–Crippen MR) is 46.3 cm³/mol. The van der Waals surface area contributed by atoms with Gasteiger partial charge < -0.3 is 19.7 Å². The summed E-state index contributed by atoms with van der Waals surface area (Å²) in [6.45, 7) is -0.335. The van der Waals surface area contributed by atoms with Crippen LogP contribution in [0, 0.1) is 0 Å². The molecule has 0 bridgehead atoms. The lowest BCUT2D eigenvalue weighted by atomic mass is 10.00. The summed E-state index contributed by atoms with van der Waals surface area (Å²) >= 11 is 0. The van der Waals surface area contributed by atoms with Gasteiger partial charge in [-0.15, -0.1) is 0 Å². The maximum atomic E-state index is 9.57. The third-order valence-corrected chi connectivity index (χ3v) is 2.18. The van der Waals surface area contributed by atoms with Crippen molar-refractivity contribution in [3.05, 3.63) is 10.4 Å². The lowest BCUT2D eigenvalue weighted by molar-refractivity contribution is -0.224. The monoisotopic (exact) mass is 203 g/mol. The zero-order chi connectivity index (χ0) is 10.6. The molecule has 0 aromatic carbocycles. The summed E-state index contributed by atoms with van der Waals surface area (Å²) in [7, 11) is 1.45. The zero-order valence-corrected chi connectivity index (χ0v) is 7.78. The number of nitrogens with zero attached hydrogens (tertiary/aromatic N) is 3. The fourth-order valence-electron chi connectivity index (χ4n) is 1.40. The van der Waals surface area contributed by atoms with Gasteiger partial charge in [0, 0.05) is 18.4 Å². The average Bonchev–Trinajstić information content (AvgIpc) is 2.21. The second kappa shape index (κ2) is 5.14. The molecule has 0 unspecified atom stereocenters. The molecular weight excluding hydrogens is 190 g/mol. The molecule has 80 valence electrons. The maximum Gasteiger partial charge on any atom is 0.158 e. The Hall–Kier alpha value is -0.850. The van der Waals surface area contributed by atoms with E-state index in [1.165, 1.54) is 7.11 Å². The first-order valence-corrected chi connectivity index (χ1v) is 4.24. The Morgan fingerprint density at radius 2 is 2.43 bits per heavy atom. The van der Waals surface area contributed by atoms with Crippen molar-refractivity contribution in [2.75, 3.05) is 13.7 Å². The van der Waals surface area contributed by atoms with Crippen molar-refractivity contribution in [1.82, 2.24) is 0 Å². The van der Waals surface area contributed by atoms with E-state index in [0.717, 1.165) is 0 Å². The third-order valence-electron chi connectivity index (χ3n) is 2.18. The largest absolute Gasteiger partial charge is 0.394 e. The number of rotatable bonds is 3. The molecule has 1 saturated heterocycles. The van der Waals surface area contributed by atoms with Crippen LogP contribution < -0.4 is 0 Å². The van der Waals surface area contributed by atoms with Gasteiger partial charge in [-0.2, -0.15) is 0 Å². The Balaban J connectivity index is 2.69. The quantitative estimate of drug-likeness (QED) is 0.375. The summed E-state index contributed by atoms with van der Waals surface area (Å²) in [5, 5.41) is 21.9. The highest BCUT2D eigenvalue weighted by Gasteiger charge is 2.36. The van der Waals surface area contributed by atoms with Gasteiger partial charge in [-0.25, -0.2) is 0 Å². The highest BCUT2D eigenvalue weighted by molar-refractivity contribution is 4.87. The minimum absolute atomic E-state index is 0.290. The standard InChI is InChI=1S/C7H13N3O4/c1-13-6-2-4(9-10-8)7(12)5(3-11)14-6/h4-7,11-12H,2-3H2,1H3/t4-,5+,6-,7-/m0/s1. The van der Waals surface area contributed by atoms with Gasteiger partial charge in [0.1, 0.15) is 6.10 Å². The second-order valence-corrected chi connectivity index (χ2v) is 3.02. The van der Waals surface area contributed by atoms with E-state index in [9.17, 15) is 5.11 Å². The molecule has 7 heteroatoms. The first-order chi connectivity index (χ1) is 6.72. The molecule has 0 aromatic rings. The van der Waals surface area contributed by atoms with E-state index in [0.29, 0.717) is 0 Å². The lowest BCUT2D eigenvalue weighted by Crippen LogP contribution is -2.49. The highest BCUT2D eigenvalue weighted by Crippen LogP contribution is 2.23. The number of aliphatic hydroxyl groups is 2. The second-order valence-electron chi connectivity index (χ2n) is 3.02. The van der Waals surface area contributed by atoms with Gasteiger partial charge in [-0.1, -0.05) is 5.11 Å². The summed E-state index contributed by atoms with van der Waals surface area (Å²) in [5.74, 6) is 0. The topological polar surface area (TPSA) is 108 Å². The van der Waals surface area contributed by atoms with Gasteiger partial charge in [-0.05, 0) is 5.53 Å². The van der Waals surface area contributed by atoms with Crippen LogP contribution in [0.4, 0.5) is 0 Å². The van der Waals surface area contributed by atoms with E-state index < -0.39 is 24.5 Å². The van der Waals surface area contributed by atoms with Crippen LogP contribution in [0.3, 0.4) is 0 Å². The Morgan fingerprint density at radius 3 is 2.93 bits per heavy atom. The molecule has 14 heavy (non-hydrogen) atoms. The number of hydrogen-bond acceptors (Lipinski definition) is 5. The van der Waals surface area contributed by atoms with Crippen LogP contribution >= 0.6 is 0 Å². The van der Waals surface area contributed by atoms with E-state index in [4.69, 9.17) is 20.1 Å². The first-order valence-electron chi connectivity index (χ1n) is 4.24. The molecule has 1 heterocycles. The summed E-state index contributed by atoms with van der Waals surface area (Å²) in [4.78, 5) is 2.62. The van der Waals surface area contributed by atoms with E-state index in [1.54, 1.807) is 0 Å². The van der Waals surface area contributed by atoms with Crippen LogP contribution in [0.1, 0.15) is 6.42 Å². The van der Waals surface area contributed by atoms with Gasteiger partial charge >= 0.3 is 0 Å². The van der Waals surface area contributed by atoms with Crippen molar-refractivity contribution in [1.29, 1.82) is 0 Å². The molecular formula is C7H13N3O4. The SMILES string of the molecule is CO[C@@H]1C[C@H](N=[N+]=[N-])[C@H](O)[C@@H](CO)O1. The van der Waals surface area contributed by atoms with Gasteiger partial charge in [0.15, 0.2) is 6.29 Å². The molecule has 0 radical (unpaired) electrons. The molecule has 0 aliphatic carbocycles. The average molecular weight is 203 g/mol. The molecule has 2 N–H and O–H groups in total. The Labute approximate surface area is 80.9 Å². The molecule has 7 nitrogen and oxygen atoms in total. The van der Waals surface area contributed by atoms with Gasteiger partial charge in [0.05, 0.1) is 18.8 Å². The number of aliphatic hydroxyl groups excluding tert-OH is 2. The van der Waals surface area contributed by atoms with Gasteiger partial charge in [-0.3, -0.25) is 0 Å². The van der Waals surface area contributed by atoms with Crippen LogP contribution in [0.15, 0.2) is 5.11 Å². The molecule has 0 spiro atoms. The van der Waals surface area contributed by atoms with E-state index in [2.05, 4.69) is 10.0 Å². The number of azide groups is 1. The van der Waals surface area contributed by atoms with Crippen LogP contribution in [0.5, 0.6) is 0 Å². The summed E-state index contributed by atoms with van der Waals surface area (Å²) in [6, 6.07) is -0.615. The number of ether oxygens (including phenoxy) is 2. The van der Waals surface area contributed by atoms with Crippen LogP contribution in [-0.4, -0.2) is 48.5 Å². The fraction of sp³-hybridized carbons (Fsp3) is 1.00. The first kappa shape index (κ1) is 11.2. The minimum atomic E-state index is -0.984. The van der Waals surface area contributed by atoms with Crippen molar-refractivity contribution in [2.24, 2.45) is 5.11 Å². The molecule has 0 amide bonds. The maximum absolute atomic E-state index is 9.57. The van der Waals surface area contributed by atoms with E-state index in [-0.39, 0.29) is 13.0 Å². The lowest BCUT2D eigenvalue weighted by Gasteiger charge is -2.35. The fourth-order valence-corrected chi connectivity index (χ4v) is 1.40. The Bertz CT molecular complexity index is 231. The van der Waals surface area contributed by atoms with E-state index in [1.807, 2.05) is 0 Å². The van der Waals surface area contributed by atoms with Crippen molar-refractivity contribution < 1.29 is 19.7 Å². The van der Waals surface area contributed by atoms with Gasteiger partial charge in [0.2, 0.25) is 0 Å². The van der Waals surface area contributed by atoms with Crippen LogP contribution in [-0.2, 0) is 9.47 Å². The van der Waals surface area contributed by atoms with E-state index >= 15 is 0 Å². The highest BCUT2D eigenvalue weighted by atomic mass is 16.7. The Kier molecular flexibility index (Phi) is 4.12. The number of hydrogen-bond donors (Lipinski definition) is 2. The number of methoxy groups -OCH3 is 1. The van der Waals surface area contributed by atoms with Gasteiger partial charge in [0.25, 0.3) is 0 Å². The third kappa shape index (κ3) is 2.34. The smallest absolute Gasteiger partial charge is 0.158 e. The van der Waals surface area contributed by atoms with Crippen molar-refractivity contribution in [3.63, 3.8) is 0 Å². The molecule has 0 saturated carbocycles. The summed E-state index contributed by atoms with van der Waals surface area (Å²) in [6.07, 6.45) is -2.00. The van der Waals surface area contributed by atoms with Crippen LogP contribution in [0.25, 0.3) is 10.4 Å². The molecule has 1 rings (SSSR count). The van der Waals surface area contributed by atoms with Crippen molar-refractivity contribution >= 4 is 0 Å². The normalized spacial score (nSPS) is 37.6.